The van der Waals surface area contributed by atoms with Crippen LogP contribution in [0.3, 0.4) is 0 Å². The van der Waals surface area contributed by atoms with Crippen molar-refractivity contribution in [1.82, 2.24) is 9.80 Å². The minimum atomic E-state index is -0.658. The third-order valence-corrected chi connectivity index (χ3v) is 7.06. The topological polar surface area (TPSA) is 70.1 Å². The van der Waals surface area contributed by atoms with Crippen molar-refractivity contribution in [2.24, 2.45) is 0 Å². The number of nitrogens with zero attached hydrogens (tertiary/aromatic N) is 2. The minimum Gasteiger partial charge on any atom is -0.507 e. The van der Waals surface area contributed by atoms with Gasteiger partial charge in [-0.3, -0.25) is 9.59 Å². The highest BCUT2D eigenvalue weighted by molar-refractivity contribution is 6.46. The molecule has 2 aromatic carbocycles. The number of ether oxygens (including phenoxy) is 1. The quantitative estimate of drug-likeness (QED) is 0.177. The summed E-state index contributed by atoms with van der Waals surface area (Å²) in [4.78, 5) is 30.5. The third-order valence-electron chi connectivity index (χ3n) is 7.06. The monoisotopic (exact) mass is 506 g/mol. The van der Waals surface area contributed by atoms with Crippen LogP contribution in [0.25, 0.3) is 5.76 Å². The molecule has 0 aromatic heterocycles. The predicted molar refractivity (Wildman–Crippen MR) is 149 cm³/mol. The smallest absolute Gasteiger partial charge is 0.295 e. The summed E-state index contributed by atoms with van der Waals surface area (Å²) < 4.78 is 5.81. The lowest BCUT2D eigenvalue weighted by Crippen LogP contribution is -2.38. The van der Waals surface area contributed by atoms with Gasteiger partial charge in [0.05, 0.1) is 18.2 Å². The van der Waals surface area contributed by atoms with Crippen molar-refractivity contribution < 1.29 is 19.4 Å². The zero-order chi connectivity index (χ0) is 27.2. The number of unbranched alkanes of at least 4 members (excludes halogenated alkanes) is 1. The van der Waals surface area contributed by atoms with Gasteiger partial charge in [0.15, 0.2) is 0 Å². The van der Waals surface area contributed by atoms with Crippen molar-refractivity contribution in [2.45, 2.75) is 65.8 Å². The van der Waals surface area contributed by atoms with E-state index in [9.17, 15) is 14.7 Å². The first-order chi connectivity index (χ1) is 17.6. The molecule has 0 spiro atoms. The number of likely N-dealkylation sites (tertiary alicyclic amines) is 1. The summed E-state index contributed by atoms with van der Waals surface area (Å²) in [5, 5.41) is 11.4. The van der Waals surface area contributed by atoms with Crippen LogP contribution in [-0.4, -0.2) is 59.4 Å². The summed E-state index contributed by atoms with van der Waals surface area (Å²) in [6.45, 7) is 16.0. The number of Topliss-reactive ketones (excluding diaryl/α,β-unsaturated/α-hetero) is 1. The summed E-state index contributed by atoms with van der Waals surface area (Å²) in [7, 11) is 0. The first kappa shape index (κ1) is 28.5. The van der Waals surface area contributed by atoms with Crippen molar-refractivity contribution in [3.63, 3.8) is 0 Å². The van der Waals surface area contributed by atoms with Gasteiger partial charge in [0.25, 0.3) is 11.7 Å². The van der Waals surface area contributed by atoms with E-state index in [-0.39, 0.29) is 16.7 Å². The number of benzene rings is 2. The van der Waals surface area contributed by atoms with E-state index in [4.69, 9.17) is 4.74 Å². The Balaban J connectivity index is 2.07. The van der Waals surface area contributed by atoms with Crippen LogP contribution in [0.2, 0.25) is 0 Å². The van der Waals surface area contributed by atoms with Crippen LogP contribution in [0, 0.1) is 0 Å². The zero-order valence-electron chi connectivity index (χ0n) is 23.2. The molecular weight excluding hydrogens is 464 g/mol. The molecule has 1 heterocycles. The number of likely N-dealkylation sites (N-methyl/N-ethyl adjacent to an activating group) is 1. The Hall–Kier alpha value is -3.12. The van der Waals surface area contributed by atoms with Gasteiger partial charge in [0.1, 0.15) is 11.5 Å². The number of ketones is 1. The Morgan fingerprint density at radius 1 is 1.03 bits per heavy atom. The van der Waals surface area contributed by atoms with Gasteiger partial charge in [-0.25, -0.2) is 0 Å². The fourth-order valence-electron chi connectivity index (χ4n) is 4.63. The van der Waals surface area contributed by atoms with Crippen LogP contribution < -0.4 is 4.74 Å². The molecule has 1 N–H and O–H groups in total. The Labute approximate surface area is 221 Å². The van der Waals surface area contributed by atoms with Gasteiger partial charge >= 0.3 is 0 Å². The third kappa shape index (κ3) is 6.61. The van der Waals surface area contributed by atoms with E-state index in [1.807, 2.05) is 30.3 Å². The Morgan fingerprint density at radius 3 is 2.30 bits per heavy atom. The van der Waals surface area contributed by atoms with Gasteiger partial charge in [-0.15, -0.1) is 0 Å². The second-order valence-corrected chi connectivity index (χ2v) is 10.6. The summed E-state index contributed by atoms with van der Waals surface area (Å²) in [6, 6.07) is 14.5. The molecule has 3 rings (SSSR count). The highest BCUT2D eigenvalue weighted by Gasteiger charge is 2.46. The number of carbonyl (C=O) groups is 2. The second-order valence-electron chi connectivity index (χ2n) is 10.6. The maximum Gasteiger partial charge on any atom is 0.295 e. The zero-order valence-corrected chi connectivity index (χ0v) is 23.2. The summed E-state index contributed by atoms with van der Waals surface area (Å²) in [5.41, 5.74) is 2.53. The number of rotatable bonds is 11. The molecule has 1 atom stereocenters. The van der Waals surface area contributed by atoms with Gasteiger partial charge in [0, 0.05) is 18.7 Å². The molecule has 2 aromatic rings. The molecule has 0 saturated carbocycles. The molecule has 1 aliphatic rings. The van der Waals surface area contributed by atoms with Gasteiger partial charge in [-0.1, -0.05) is 84.4 Å². The lowest BCUT2D eigenvalue weighted by molar-refractivity contribution is -0.140. The number of hydrogen-bond donors (Lipinski definition) is 1. The maximum absolute atomic E-state index is 13.4. The number of aliphatic hydroxyl groups excluding tert-OH is 1. The van der Waals surface area contributed by atoms with Crippen LogP contribution in [-0.2, 0) is 15.0 Å². The molecule has 1 amide bonds. The molecule has 1 saturated heterocycles. The lowest BCUT2D eigenvalue weighted by atomic mass is 9.85. The fraction of sp³-hybridized carbons (Fsp3) is 0.484. The molecule has 0 bridgehead atoms. The Morgan fingerprint density at radius 2 is 1.70 bits per heavy atom. The van der Waals surface area contributed by atoms with Crippen LogP contribution in [0.15, 0.2) is 54.1 Å². The molecule has 6 heteroatoms. The average molecular weight is 507 g/mol. The van der Waals surface area contributed by atoms with Gasteiger partial charge < -0.3 is 19.6 Å². The minimum absolute atomic E-state index is 0.0265. The van der Waals surface area contributed by atoms with E-state index in [0.717, 1.165) is 37.1 Å². The van der Waals surface area contributed by atoms with E-state index in [0.29, 0.717) is 31.0 Å². The molecule has 1 fully saturated rings. The van der Waals surface area contributed by atoms with E-state index < -0.39 is 17.7 Å². The number of hydrogen-bond acceptors (Lipinski definition) is 5. The molecular formula is C31H42N2O4. The normalized spacial score (nSPS) is 17.6. The molecule has 1 unspecified atom stereocenters. The highest BCUT2D eigenvalue weighted by Crippen LogP contribution is 2.40. The largest absolute Gasteiger partial charge is 0.507 e. The van der Waals surface area contributed by atoms with Crippen molar-refractivity contribution in [3.05, 3.63) is 70.8 Å². The van der Waals surface area contributed by atoms with Gasteiger partial charge in [0.2, 0.25) is 0 Å². The number of carbonyl (C=O) groups excluding carboxylic acids is 2. The van der Waals surface area contributed by atoms with Crippen molar-refractivity contribution in [3.8, 4) is 5.75 Å². The molecule has 0 radical (unpaired) electrons. The predicted octanol–water partition coefficient (Wildman–Crippen LogP) is 5.93. The Kier molecular flexibility index (Phi) is 9.55. The van der Waals surface area contributed by atoms with Crippen molar-refractivity contribution in [2.75, 3.05) is 32.8 Å². The molecule has 37 heavy (non-hydrogen) atoms. The van der Waals surface area contributed by atoms with Crippen LogP contribution >= 0.6 is 0 Å². The summed E-state index contributed by atoms with van der Waals surface area (Å²) >= 11 is 0. The van der Waals surface area contributed by atoms with Gasteiger partial charge in [-0.05, 0) is 48.2 Å². The van der Waals surface area contributed by atoms with E-state index >= 15 is 0 Å². The second kappa shape index (κ2) is 12.4. The SMILES string of the molecule is CCCCOc1cccc(/C(O)=C2\C(=O)C(=O)N(CCN(CC)CC)C2c2ccc(C(C)(C)C)cc2)c1. The Bertz CT molecular complexity index is 1110. The lowest BCUT2D eigenvalue weighted by Gasteiger charge is -2.28. The standard InChI is InChI=1S/C31H42N2O4/c1-7-10-20-37-25-13-11-12-23(21-25)28(34)26-27(22-14-16-24(17-15-22)31(4,5)6)33(30(36)29(26)35)19-18-32(8-2)9-3/h11-17,21,27,34H,7-10,18-20H2,1-6H3/b28-26+. The summed E-state index contributed by atoms with van der Waals surface area (Å²) in [6.07, 6.45) is 1.95. The molecule has 200 valence electrons. The molecule has 1 aliphatic heterocycles. The molecule has 0 aliphatic carbocycles. The maximum atomic E-state index is 13.4. The number of amides is 1. The first-order valence-electron chi connectivity index (χ1n) is 13.5. The fourth-order valence-corrected chi connectivity index (χ4v) is 4.63. The average Bonchev–Trinajstić information content (AvgIpc) is 3.14. The van der Waals surface area contributed by atoms with Crippen molar-refractivity contribution in [1.29, 1.82) is 0 Å². The van der Waals surface area contributed by atoms with Gasteiger partial charge in [-0.2, -0.15) is 0 Å². The highest BCUT2D eigenvalue weighted by atomic mass is 16.5. The summed E-state index contributed by atoms with van der Waals surface area (Å²) in [5.74, 6) is -0.776. The van der Waals surface area contributed by atoms with Crippen molar-refractivity contribution >= 4 is 17.4 Å². The molecule has 6 nitrogen and oxygen atoms in total. The first-order valence-corrected chi connectivity index (χ1v) is 13.5. The van der Waals surface area contributed by atoms with E-state index in [1.165, 1.54) is 0 Å². The van der Waals surface area contributed by atoms with Crippen LogP contribution in [0.1, 0.15) is 77.1 Å². The van der Waals surface area contributed by atoms with Crippen LogP contribution in [0.5, 0.6) is 5.75 Å². The van der Waals surface area contributed by atoms with E-state index in [2.05, 4.69) is 46.4 Å². The van der Waals surface area contributed by atoms with Crippen LogP contribution in [0.4, 0.5) is 0 Å². The van der Waals surface area contributed by atoms with E-state index in [1.54, 1.807) is 23.1 Å². The number of aliphatic hydroxyl groups is 1.